The van der Waals surface area contributed by atoms with Gasteiger partial charge in [-0.15, -0.1) is 0 Å². The topological polar surface area (TPSA) is 0 Å². The minimum atomic E-state index is -2.23. The van der Waals surface area contributed by atoms with Crippen molar-refractivity contribution < 1.29 is 0 Å². The van der Waals surface area contributed by atoms with Crippen LogP contribution >= 0.6 is 22.2 Å². The van der Waals surface area contributed by atoms with Gasteiger partial charge in [0.25, 0.3) is 0 Å². The van der Waals surface area contributed by atoms with Crippen LogP contribution in [0.4, 0.5) is 0 Å². The molecule has 0 fully saturated rings. The van der Waals surface area contributed by atoms with Gasteiger partial charge in [-0.05, 0) is 10.4 Å². The molecule has 0 N–H and O–H groups in total. The van der Waals surface area contributed by atoms with E-state index in [1.807, 2.05) is 0 Å². The monoisotopic (exact) mass is 420 g/mol. The van der Waals surface area contributed by atoms with Gasteiger partial charge in [0.05, 0.1) is 0 Å². The van der Waals surface area contributed by atoms with E-state index in [2.05, 4.69) is 110 Å². The fourth-order valence-electron chi connectivity index (χ4n) is 2.69. The summed E-state index contributed by atoms with van der Waals surface area (Å²) in [6.45, 7) is 8.63. The Morgan fingerprint density at radius 1 is 0.560 bits per heavy atom. The van der Waals surface area contributed by atoms with Gasteiger partial charge in [0, 0.05) is 0 Å². The zero-order chi connectivity index (χ0) is 18.6. The number of halogens is 2. The third-order valence-electron chi connectivity index (χ3n) is 3.99. The van der Waals surface area contributed by atoms with E-state index < -0.39 is 22.8 Å². The highest BCUT2D eigenvalue weighted by atomic mass is 35.6. The second-order valence-electron chi connectivity index (χ2n) is 7.40. The van der Waals surface area contributed by atoms with Gasteiger partial charge in [0.2, 0.25) is 0 Å². The van der Waals surface area contributed by atoms with Gasteiger partial charge in [0.15, 0.2) is 22.8 Å². The third kappa shape index (κ3) is 6.12. The first-order chi connectivity index (χ1) is 11.6. The van der Waals surface area contributed by atoms with Crippen molar-refractivity contribution in [2.75, 3.05) is 0 Å². The van der Waals surface area contributed by atoms with E-state index in [9.17, 15) is 0 Å². The molecule has 0 nitrogen and oxygen atoms in total. The van der Waals surface area contributed by atoms with Crippen LogP contribution in [0.3, 0.4) is 0 Å². The van der Waals surface area contributed by atoms with E-state index in [0.29, 0.717) is 0 Å². The Bertz CT molecular complexity index is 662. The molecular formula is C20H26Cl2Si3. The van der Waals surface area contributed by atoms with Gasteiger partial charge in [-0.25, -0.2) is 0 Å². The summed E-state index contributed by atoms with van der Waals surface area (Å²) >= 11 is 13.3. The number of benzene rings is 2. The maximum atomic E-state index is 6.64. The summed E-state index contributed by atoms with van der Waals surface area (Å²) in [6, 6.07) is 21.6. The second kappa shape index (κ2) is 8.23. The average Bonchev–Trinajstić information content (AvgIpc) is 2.55. The van der Waals surface area contributed by atoms with Gasteiger partial charge >= 0.3 is 0 Å². The fourth-order valence-corrected chi connectivity index (χ4v) is 11.8. The van der Waals surface area contributed by atoms with Crippen molar-refractivity contribution in [1.82, 2.24) is 0 Å². The van der Waals surface area contributed by atoms with Crippen LogP contribution < -0.4 is 10.4 Å². The molecule has 0 saturated heterocycles. The first kappa shape index (κ1) is 20.5. The van der Waals surface area contributed by atoms with Crippen LogP contribution in [-0.2, 0) is 0 Å². The van der Waals surface area contributed by atoms with E-state index in [-0.39, 0.29) is 0 Å². The molecule has 2 rings (SSSR count). The fraction of sp³-hybridized carbons (Fsp3) is 0.200. The van der Waals surface area contributed by atoms with E-state index in [1.165, 1.54) is 10.4 Å². The normalized spacial score (nSPS) is 13.7. The minimum Gasteiger partial charge on any atom is -0.162 e. The van der Waals surface area contributed by atoms with Crippen molar-refractivity contribution in [3.05, 3.63) is 83.5 Å². The molecule has 5 heteroatoms. The lowest BCUT2D eigenvalue weighted by Gasteiger charge is -2.28. The molecule has 25 heavy (non-hydrogen) atoms. The molecule has 0 aliphatic heterocycles. The minimum absolute atomic E-state index is 1.36. The average molecular weight is 422 g/mol. The summed E-state index contributed by atoms with van der Waals surface area (Å²) in [6.07, 6.45) is 0. The highest BCUT2D eigenvalue weighted by molar-refractivity contribution is 7.24. The van der Waals surface area contributed by atoms with Crippen molar-refractivity contribution in [3.8, 4) is 0 Å². The van der Waals surface area contributed by atoms with Gasteiger partial charge in [-0.2, -0.15) is 22.2 Å². The number of rotatable bonds is 6. The highest BCUT2D eigenvalue weighted by Gasteiger charge is 2.33. The summed E-state index contributed by atoms with van der Waals surface area (Å²) in [5.74, 6) is 0. The highest BCUT2D eigenvalue weighted by Crippen LogP contribution is 2.18. The molecule has 0 aliphatic carbocycles. The molecule has 132 valence electrons. The summed E-state index contributed by atoms with van der Waals surface area (Å²) < 4.78 is 0. The molecule has 0 spiro atoms. The molecular weight excluding hydrogens is 395 g/mol. The quantitative estimate of drug-likeness (QED) is 0.432. The van der Waals surface area contributed by atoms with E-state index in [0.717, 1.165) is 0 Å². The van der Waals surface area contributed by atoms with Crippen LogP contribution in [-0.4, -0.2) is 22.8 Å². The maximum absolute atomic E-state index is 6.64. The first-order valence-electron chi connectivity index (χ1n) is 8.52. The van der Waals surface area contributed by atoms with Crippen LogP contribution in [0.25, 0.3) is 0 Å². The van der Waals surface area contributed by atoms with Gasteiger partial charge < -0.3 is 0 Å². The van der Waals surface area contributed by atoms with E-state index >= 15 is 0 Å². The van der Waals surface area contributed by atoms with Crippen molar-refractivity contribution in [2.24, 2.45) is 0 Å². The molecule has 0 aliphatic rings. The van der Waals surface area contributed by atoms with Crippen LogP contribution in [0.15, 0.2) is 83.5 Å². The molecule has 2 aromatic carbocycles. The summed E-state index contributed by atoms with van der Waals surface area (Å²) in [4.78, 5) is 0. The van der Waals surface area contributed by atoms with Crippen molar-refractivity contribution in [2.45, 2.75) is 26.2 Å². The molecule has 0 unspecified atom stereocenters. The standard InChI is InChI=1S/C20H26Cl2Si3/c1-23(2,21)15-17-25(18-16-24(3,4)22,19-11-7-5-8-12-19)20-13-9-6-10-14-20/h5-18H,1-4H3/b17-15+,18-16+. The molecule has 0 atom stereocenters. The van der Waals surface area contributed by atoms with Crippen molar-refractivity contribution in [3.63, 3.8) is 0 Å². The molecule has 0 bridgehead atoms. The largest absolute Gasteiger partial charge is 0.173 e. The zero-order valence-electron chi connectivity index (χ0n) is 15.3. The Morgan fingerprint density at radius 3 is 1.16 bits per heavy atom. The molecule has 0 amide bonds. The van der Waals surface area contributed by atoms with Crippen LogP contribution in [0.2, 0.25) is 26.2 Å². The van der Waals surface area contributed by atoms with Crippen molar-refractivity contribution >= 4 is 55.4 Å². The SMILES string of the molecule is C[Si](C)(Cl)/C=C/[Si](/C=C/[Si](C)(C)Cl)(c1ccccc1)c1ccccc1. The van der Waals surface area contributed by atoms with Crippen LogP contribution in [0.5, 0.6) is 0 Å². The predicted octanol–water partition coefficient (Wildman–Crippen LogP) is 5.41. The summed E-state index contributed by atoms with van der Waals surface area (Å²) in [5, 5.41) is 2.72. The van der Waals surface area contributed by atoms with Crippen LogP contribution in [0, 0.1) is 0 Å². The third-order valence-corrected chi connectivity index (χ3v) is 11.3. The lowest BCUT2D eigenvalue weighted by atomic mass is 10.4. The molecule has 2 aromatic rings. The Kier molecular flexibility index (Phi) is 6.74. The van der Waals surface area contributed by atoms with Gasteiger partial charge in [0.1, 0.15) is 0 Å². The number of hydrogen-bond acceptors (Lipinski definition) is 0. The lowest BCUT2D eigenvalue weighted by molar-refractivity contribution is 1.71. The summed E-state index contributed by atoms with van der Waals surface area (Å²) in [5.41, 5.74) is 9.36. The van der Waals surface area contributed by atoms with Gasteiger partial charge in [-0.3, -0.25) is 0 Å². The lowest BCUT2D eigenvalue weighted by Crippen LogP contribution is -2.56. The Hall–Kier alpha value is -0.849. The van der Waals surface area contributed by atoms with Gasteiger partial charge in [-0.1, -0.05) is 110 Å². The Labute approximate surface area is 164 Å². The first-order valence-corrected chi connectivity index (χ1v) is 18.9. The zero-order valence-corrected chi connectivity index (χ0v) is 19.9. The molecule has 0 aromatic heterocycles. The molecule has 0 saturated carbocycles. The molecule has 0 radical (unpaired) electrons. The predicted molar refractivity (Wildman–Crippen MR) is 123 cm³/mol. The Morgan fingerprint density at radius 2 is 0.880 bits per heavy atom. The van der Waals surface area contributed by atoms with Crippen molar-refractivity contribution in [1.29, 1.82) is 0 Å². The maximum Gasteiger partial charge on any atom is 0.173 e. The van der Waals surface area contributed by atoms with Crippen LogP contribution in [0.1, 0.15) is 0 Å². The molecule has 0 heterocycles. The summed E-state index contributed by atoms with van der Waals surface area (Å²) in [7, 11) is -5.90. The van der Waals surface area contributed by atoms with E-state index in [4.69, 9.17) is 22.2 Å². The smallest absolute Gasteiger partial charge is 0.162 e. The van der Waals surface area contributed by atoms with E-state index in [1.54, 1.807) is 0 Å². The second-order valence-corrected chi connectivity index (χ2v) is 23.7. The number of hydrogen-bond donors (Lipinski definition) is 0. The Balaban J connectivity index is 2.74.